The summed E-state index contributed by atoms with van der Waals surface area (Å²) in [5.41, 5.74) is 1.08. The van der Waals surface area contributed by atoms with Crippen molar-refractivity contribution in [3.63, 3.8) is 0 Å². The number of rotatable bonds is 4. The van der Waals surface area contributed by atoms with Crippen molar-refractivity contribution in [1.82, 2.24) is 15.1 Å². The Morgan fingerprint density at radius 2 is 1.80 bits per heavy atom. The van der Waals surface area contributed by atoms with E-state index >= 15 is 0 Å². The Bertz CT molecular complexity index is 560. The smallest absolute Gasteiger partial charge is 0.409 e. The van der Waals surface area contributed by atoms with E-state index in [9.17, 15) is 9.18 Å². The van der Waals surface area contributed by atoms with E-state index in [4.69, 9.17) is 4.74 Å². The number of halogens is 2. The van der Waals surface area contributed by atoms with Crippen LogP contribution in [0.4, 0.5) is 9.18 Å². The molecule has 0 aliphatic carbocycles. The molecule has 0 aromatic heterocycles. The lowest BCUT2D eigenvalue weighted by Gasteiger charge is -2.35. The summed E-state index contributed by atoms with van der Waals surface area (Å²) >= 11 is 0. The van der Waals surface area contributed by atoms with Gasteiger partial charge in [-0.15, -0.1) is 24.0 Å². The molecule has 1 aromatic rings. The number of carbonyl (C=O) groups is 1. The Hall–Kier alpha value is -1.58. The van der Waals surface area contributed by atoms with E-state index in [0.717, 1.165) is 37.6 Å². The van der Waals surface area contributed by atoms with Gasteiger partial charge in [0.05, 0.1) is 6.61 Å². The van der Waals surface area contributed by atoms with Gasteiger partial charge in [0.1, 0.15) is 5.82 Å². The van der Waals surface area contributed by atoms with E-state index in [1.54, 1.807) is 31.0 Å². The van der Waals surface area contributed by atoms with Crippen molar-refractivity contribution in [2.75, 3.05) is 46.4 Å². The molecule has 0 bridgehead atoms. The Morgan fingerprint density at radius 1 is 1.20 bits per heavy atom. The lowest BCUT2D eigenvalue weighted by Crippen LogP contribution is -2.54. The van der Waals surface area contributed by atoms with E-state index < -0.39 is 0 Å². The second-order valence-corrected chi connectivity index (χ2v) is 5.52. The van der Waals surface area contributed by atoms with E-state index in [0.29, 0.717) is 19.7 Å². The predicted octanol–water partition coefficient (Wildman–Crippen LogP) is 2.34. The monoisotopic (exact) mass is 464 g/mol. The molecule has 1 aromatic carbocycles. The van der Waals surface area contributed by atoms with Crippen LogP contribution in [0.15, 0.2) is 29.3 Å². The van der Waals surface area contributed by atoms with Crippen LogP contribution >= 0.6 is 24.0 Å². The number of ether oxygens (including phenoxy) is 1. The fourth-order valence-electron chi connectivity index (χ4n) is 2.62. The summed E-state index contributed by atoms with van der Waals surface area (Å²) in [5.74, 6) is 0.600. The van der Waals surface area contributed by atoms with Crippen molar-refractivity contribution in [3.05, 3.63) is 35.6 Å². The van der Waals surface area contributed by atoms with Gasteiger partial charge in [0.15, 0.2) is 5.96 Å². The number of guanidine groups is 1. The second kappa shape index (κ2) is 11.1. The lowest BCUT2D eigenvalue weighted by atomic mass is 10.1. The maximum Gasteiger partial charge on any atom is 0.409 e. The summed E-state index contributed by atoms with van der Waals surface area (Å²) in [6.07, 6.45) is 0.540. The average molecular weight is 464 g/mol. The minimum Gasteiger partial charge on any atom is -0.450 e. The summed E-state index contributed by atoms with van der Waals surface area (Å²) in [5, 5.41) is 3.32. The highest BCUT2D eigenvalue weighted by atomic mass is 127. The molecular weight excluding hydrogens is 438 g/mol. The summed E-state index contributed by atoms with van der Waals surface area (Å²) in [4.78, 5) is 19.8. The Balaban J connectivity index is 0.00000312. The first-order valence-electron chi connectivity index (χ1n) is 8.25. The number of carbonyl (C=O) groups excluding carboxylic acids is 1. The van der Waals surface area contributed by atoms with Gasteiger partial charge in [0.25, 0.3) is 0 Å². The molecule has 1 N–H and O–H groups in total. The van der Waals surface area contributed by atoms with E-state index in [2.05, 4.69) is 15.2 Å². The van der Waals surface area contributed by atoms with Crippen LogP contribution in [0.2, 0.25) is 0 Å². The van der Waals surface area contributed by atoms with Gasteiger partial charge < -0.3 is 19.9 Å². The summed E-state index contributed by atoms with van der Waals surface area (Å²) < 4.78 is 17.9. The number of amides is 1. The van der Waals surface area contributed by atoms with Gasteiger partial charge in [-0.25, -0.2) is 9.18 Å². The van der Waals surface area contributed by atoms with Crippen molar-refractivity contribution >= 4 is 36.0 Å². The SMILES string of the molecule is CCOC(=O)N1CCN(C(=NC)NCCc2ccc(F)cc2)CC1.I. The predicted molar refractivity (Wildman–Crippen MR) is 107 cm³/mol. The zero-order valence-corrected chi connectivity index (χ0v) is 17.0. The number of hydrogen-bond acceptors (Lipinski definition) is 3. The van der Waals surface area contributed by atoms with Crippen LogP contribution in [0.3, 0.4) is 0 Å². The Kier molecular flexibility index (Phi) is 9.54. The van der Waals surface area contributed by atoms with Crippen molar-refractivity contribution in [1.29, 1.82) is 0 Å². The zero-order chi connectivity index (χ0) is 17.4. The van der Waals surface area contributed by atoms with Crippen molar-refractivity contribution in [2.24, 2.45) is 4.99 Å². The van der Waals surface area contributed by atoms with Crippen LogP contribution in [-0.2, 0) is 11.2 Å². The van der Waals surface area contributed by atoms with E-state index in [1.165, 1.54) is 12.1 Å². The number of hydrogen-bond donors (Lipinski definition) is 1. The molecule has 0 spiro atoms. The van der Waals surface area contributed by atoms with Crippen molar-refractivity contribution in [3.8, 4) is 0 Å². The largest absolute Gasteiger partial charge is 0.450 e. The fourth-order valence-corrected chi connectivity index (χ4v) is 2.62. The van der Waals surface area contributed by atoms with Crippen molar-refractivity contribution < 1.29 is 13.9 Å². The molecule has 25 heavy (non-hydrogen) atoms. The molecule has 8 heteroatoms. The van der Waals surface area contributed by atoms with Gasteiger partial charge in [-0.05, 0) is 31.0 Å². The minimum atomic E-state index is -0.253. The fraction of sp³-hybridized carbons (Fsp3) is 0.529. The zero-order valence-electron chi connectivity index (χ0n) is 14.7. The van der Waals surface area contributed by atoms with Crippen molar-refractivity contribution in [2.45, 2.75) is 13.3 Å². The van der Waals surface area contributed by atoms with E-state index in [-0.39, 0.29) is 35.9 Å². The molecule has 6 nitrogen and oxygen atoms in total. The lowest BCUT2D eigenvalue weighted by molar-refractivity contribution is 0.0915. The molecule has 2 rings (SSSR count). The van der Waals surface area contributed by atoms with Crippen LogP contribution in [-0.4, -0.2) is 68.2 Å². The molecule has 0 radical (unpaired) electrons. The number of benzene rings is 1. The first kappa shape index (κ1) is 21.5. The molecule has 1 saturated heterocycles. The van der Waals surface area contributed by atoms with Gasteiger partial charge in [-0.3, -0.25) is 4.99 Å². The highest BCUT2D eigenvalue weighted by Gasteiger charge is 2.23. The van der Waals surface area contributed by atoms with Gasteiger partial charge >= 0.3 is 6.09 Å². The maximum atomic E-state index is 12.9. The minimum absolute atomic E-state index is 0. The van der Waals surface area contributed by atoms with Gasteiger partial charge in [0.2, 0.25) is 0 Å². The molecular formula is C17H26FIN4O2. The summed E-state index contributed by atoms with van der Waals surface area (Å²) in [6.45, 7) is 5.60. The highest BCUT2D eigenvalue weighted by Crippen LogP contribution is 2.05. The van der Waals surface area contributed by atoms with Crippen LogP contribution in [0.1, 0.15) is 12.5 Å². The molecule has 1 amide bonds. The molecule has 1 aliphatic rings. The Labute approximate surface area is 165 Å². The molecule has 0 atom stereocenters. The average Bonchev–Trinajstić information content (AvgIpc) is 2.61. The quantitative estimate of drug-likeness (QED) is 0.423. The molecule has 1 heterocycles. The number of aliphatic imine (C=N–C) groups is 1. The van der Waals surface area contributed by atoms with Crippen LogP contribution in [0, 0.1) is 5.82 Å². The third kappa shape index (κ3) is 6.68. The molecule has 0 saturated carbocycles. The summed E-state index contributed by atoms with van der Waals surface area (Å²) in [6, 6.07) is 6.52. The van der Waals surface area contributed by atoms with Crippen LogP contribution in [0.5, 0.6) is 0 Å². The normalized spacial score (nSPS) is 14.8. The maximum absolute atomic E-state index is 12.9. The first-order valence-corrected chi connectivity index (χ1v) is 8.25. The number of nitrogens with one attached hydrogen (secondary N) is 1. The highest BCUT2D eigenvalue weighted by molar-refractivity contribution is 14.0. The third-order valence-electron chi connectivity index (χ3n) is 3.93. The second-order valence-electron chi connectivity index (χ2n) is 5.52. The number of piperazine rings is 1. The van der Waals surface area contributed by atoms with Crippen LogP contribution in [0.25, 0.3) is 0 Å². The summed E-state index contributed by atoms with van der Waals surface area (Å²) in [7, 11) is 1.75. The van der Waals surface area contributed by atoms with Gasteiger partial charge in [-0.1, -0.05) is 12.1 Å². The first-order chi connectivity index (χ1) is 11.6. The third-order valence-corrected chi connectivity index (χ3v) is 3.93. The molecule has 140 valence electrons. The standard InChI is InChI=1S/C17H25FN4O2.HI/c1-3-24-17(23)22-12-10-21(11-13-22)16(19-2)20-9-8-14-4-6-15(18)7-5-14;/h4-7H,3,8-13H2,1-2H3,(H,19,20);1H. The van der Waals surface area contributed by atoms with Gasteiger partial charge in [0, 0.05) is 39.8 Å². The van der Waals surface area contributed by atoms with E-state index in [1.807, 2.05) is 0 Å². The van der Waals surface area contributed by atoms with Crippen LogP contribution < -0.4 is 5.32 Å². The molecule has 0 unspecified atom stereocenters. The Morgan fingerprint density at radius 3 is 2.36 bits per heavy atom. The number of nitrogens with zero attached hydrogens (tertiary/aromatic N) is 3. The molecule has 1 fully saturated rings. The van der Waals surface area contributed by atoms with Gasteiger partial charge in [-0.2, -0.15) is 0 Å². The molecule has 1 aliphatic heterocycles. The topological polar surface area (TPSA) is 57.2 Å².